The van der Waals surface area contributed by atoms with E-state index < -0.39 is 37.5 Å². The molecule has 0 unspecified atom stereocenters. The molecule has 0 aliphatic carbocycles. The second kappa shape index (κ2) is 6.91. The number of hydrogen-bond donors (Lipinski definition) is 0. The first-order valence-corrected chi connectivity index (χ1v) is 7.19. The summed E-state index contributed by atoms with van der Waals surface area (Å²) in [5, 5.41) is 0. The van der Waals surface area contributed by atoms with Crippen LogP contribution in [-0.4, -0.2) is 97.3 Å². The first kappa shape index (κ1) is 18.4. The lowest BCUT2D eigenvalue weighted by Gasteiger charge is -2.45. The second-order valence-electron chi connectivity index (χ2n) is 5.69. The Morgan fingerprint density at radius 2 is 2.00 bits per heavy atom. The Kier molecular flexibility index (Phi) is 5.31. The van der Waals surface area contributed by atoms with Crippen LogP contribution in [0.15, 0.2) is 0 Å². The van der Waals surface area contributed by atoms with Crippen LogP contribution >= 0.6 is 0 Å². The molecule has 0 aromatic carbocycles. The van der Waals surface area contributed by atoms with Gasteiger partial charge >= 0.3 is 12.3 Å². The number of halogens is 4. The number of amides is 3. The average Bonchev–Trinajstić information content (AvgIpc) is 2.51. The molecule has 0 bridgehead atoms. The second-order valence-corrected chi connectivity index (χ2v) is 5.69. The van der Waals surface area contributed by atoms with Gasteiger partial charge in [0.05, 0.1) is 13.1 Å². The van der Waals surface area contributed by atoms with E-state index in [1.807, 2.05) is 0 Å². The molecule has 2 saturated heterocycles. The summed E-state index contributed by atoms with van der Waals surface area (Å²) in [6.45, 7) is -2.22. The van der Waals surface area contributed by atoms with Crippen LogP contribution in [0.3, 0.4) is 0 Å². The number of carbonyl (C=O) groups is 3. The Labute approximate surface area is 135 Å². The van der Waals surface area contributed by atoms with Crippen LogP contribution in [0.25, 0.3) is 0 Å². The van der Waals surface area contributed by atoms with Crippen molar-refractivity contribution in [1.82, 2.24) is 14.7 Å². The van der Waals surface area contributed by atoms with Crippen molar-refractivity contribution in [2.24, 2.45) is 0 Å². The fourth-order valence-corrected chi connectivity index (χ4v) is 2.57. The lowest BCUT2D eigenvalue weighted by atomic mass is 10.1. The summed E-state index contributed by atoms with van der Waals surface area (Å²) in [5.74, 6) is -5.58. The summed E-state index contributed by atoms with van der Waals surface area (Å²) in [5.41, 5.74) is 0. The van der Waals surface area contributed by atoms with Crippen molar-refractivity contribution in [1.29, 1.82) is 0 Å². The van der Waals surface area contributed by atoms with Crippen LogP contribution in [0.5, 0.6) is 0 Å². The van der Waals surface area contributed by atoms with Gasteiger partial charge in [-0.15, -0.1) is 0 Å². The smallest absolute Gasteiger partial charge is 0.330 e. The Bertz CT molecular complexity index is 531. The molecule has 0 saturated carbocycles. The molecular formula is C13H17F4N3O4. The minimum absolute atomic E-state index is 0.0326. The van der Waals surface area contributed by atoms with Gasteiger partial charge in [0.25, 0.3) is 0 Å². The molecule has 11 heteroatoms. The van der Waals surface area contributed by atoms with E-state index in [-0.39, 0.29) is 38.0 Å². The molecule has 136 valence electrons. The predicted molar refractivity (Wildman–Crippen MR) is 71.5 cm³/mol. The third kappa shape index (κ3) is 3.77. The van der Waals surface area contributed by atoms with Gasteiger partial charge in [0.2, 0.25) is 17.7 Å². The Morgan fingerprint density at radius 1 is 1.33 bits per heavy atom. The van der Waals surface area contributed by atoms with E-state index in [9.17, 15) is 31.9 Å². The largest absolute Gasteiger partial charge is 0.365 e. The highest BCUT2D eigenvalue weighted by atomic mass is 19.3. The number of rotatable bonds is 5. The molecule has 2 fully saturated rings. The summed E-state index contributed by atoms with van der Waals surface area (Å²) in [4.78, 5) is 39.7. The summed E-state index contributed by atoms with van der Waals surface area (Å²) in [6.07, 6.45) is -3.88. The highest BCUT2D eigenvalue weighted by molar-refractivity contribution is 5.95. The molecular weight excluding hydrogens is 338 g/mol. The van der Waals surface area contributed by atoms with Gasteiger partial charge in [-0.05, 0) is 0 Å². The van der Waals surface area contributed by atoms with Crippen molar-refractivity contribution in [2.75, 3.05) is 46.4 Å². The molecule has 0 spiro atoms. The zero-order chi connectivity index (χ0) is 18.1. The molecule has 2 heterocycles. The summed E-state index contributed by atoms with van der Waals surface area (Å²) in [6, 6.07) is -0.823. The van der Waals surface area contributed by atoms with Crippen LogP contribution in [0.4, 0.5) is 17.6 Å². The lowest BCUT2D eigenvalue weighted by Crippen LogP contribution is -2.66. The molecule has 0 aromatic heterocycles. The number of hydrogen-bond acceptors (Lipinski definition) is 4. The van der Waals surface area contributed by atoms with Gasteiger partial charge in [-0.3, -0.25) is 14.4 Å². The van der Waals surface area contributed by atoms with Crippen molar-refractivity contribution < 1.29 is 36.7 Å². The van der Waals surface area contributed by atoms with Crippen LogP contribution in [0.2, 0.25) is 0 Å². The average molecular weight is 355 g/mol. The molecule has 1 atom stereocenters. The van der Waals surface area contributed by atoms with E-state index in [2.05, 4.69) is 4.74 Å². The fourth-order valence-electron chi connectivity index (χ4n) is 2.57. The molecule has 7 nitrogen and oxygen atoms in total. The first-order valence-electron chi connectivity index (χ1n) is 7.19. The summed E-state index contributed by atoms with van der Waals surface area (Å²) in [7, 11) is 1.47. The maximum atomic E-state index is 12.7. The van der Waals surface area contributed by atoms with Crippen molar-refractivity contribution in [3.05, 3.63) is 0 Å². The number of piperazine rings is 2. The van der Waals surface area contributed by atoms with E-state index in [1.54, 1.807) is 0 Å². The highest BCUT2D eigenvalue weighted by Gasteiger charge is 2.43. The van der Waals surface area contributed by atoms with Crippen LogP contribution < -0.4 is 0 Å². The fraction of sp³-hybridized carbons (Fsp3) is 0.769. The molecule has 0 aromatic rings. The van der Waals surface area contributed by atoms with Gasteiger partial charge in [-0.1, -0.05) is 0 Å². The van der Waals surface area contributed by atoms with Crippen molar-refractivity contribution in [2.45, 2.75) is 18.4 Å². The minimum Gasteiger partial charge on any atom is -0.365 e. The quantitative estimate of drug-likeness (QED) is 0.619. The molecule has 2 aliphatic heterocycles. The summed E-state index contributed by atoms with van der Waals surface area (Å²) < 4.78 is 53.8. The van der Waals surface area contributed by atoms with E-state index >= 15 is 0 Å². The van der Waals surface area contributed by atoms with Gasteiger partial charge in [0, 0.05) is 20.1 Å². The molecule has 0 radical (unpaired) electrons. The monoisotopic (exact) mass is 355 g/mol. The third-order valence-electron chi connectivity index (χ3n) is 3.93. The standard InChI is InChI=1S/C13H17F4N3O4/c1-18-5-9(21)20-3-2-19(4-8(20)11(18)23)10(22)6-24-7-13(16,17)12(14)15/h8,12H,2-7H2,1H3/t8-/m0/s1. The van der Waals surface area contributed by atoms with Gasteiger partial charge in [-0.25, -0.2) is 8.78 Å². The minimum atomic E-state index is -4.33. The van der Waals surface area contributed by atoms with Gasteiger partial charge in [-0.2, -0.15) is 8.78 Å². The molecule has 0 N–H and O–H groups in total. The van der Waals surface area contributed by atoms with Crippen LogP contribution in [0, 0.1) is 0 Å². The van der Waals surface area contributed by atoms with Crippen molar-refractivity contribution in [3.63, 3.8) is 0 Å². The van der Waals surface area contributed by atoms with E-state index in [4.69, 9.17) is 0 Å². The predicted octanol–water partition coefficient (Wildman–Crippen LogP) is -0.585. The van der Waals surface area contributed by atoms with Crippen LogP contribution in [-0.2, 0) is 19.1 Å². The molecule has 24 heavy (non-hydrogen) atoms. The number of carbonyl (C=O) groups excluding carboxylic acids is 3. The lowest BCUT2D eigenvalue weighted by molar-refractivity contribution is -0.173. The van der Waals surface area contributed by atoms with Crippen LogP contribution in [0.1, 0.15) is 0 Å². The molecule has 2 rings (SSSR count). The van der Waals surface area contributed by atoms with E-state index in [1.165, 1.54) is 21.7 Å². The third-order valence-corrected chi connectivity index (χ3v) is 3.93. The summed E-state index contributed by atoms with van der Waals surface area (Å²) >= 11 is 0. The molecule has 3 amide bonds. The number of nitrogens with zero attached hydrogens (tertiary/aromatic N) is 3. The van der Waals surface area contributed by atoms with Crippen molar-refractivity contribution in [3.8, 4) is 0 Å². The Balaban J connectivity index is 1.88. The first-order chi connectivity index (χ1) is 11.1. The van der Waals surface area contributed by atoms with E-state index in [0.717, 1.165) is 0 Å². The number of likely N-dealkylation sites (N-methyl/N-ethyl adjacent to an activating group) is 1. The topological polar surface area (TPSA) is 70.2 Å². The Hall–Kier alpha value is -1.91. The number of fused-ring (bicyclic) bond motifs is 1. The number of ether oxygens (including phenoxy) is 1. The highest BCUT2D eigenvalue weighted by Crippen LogP contribution is 2.23. The van der Waals surface area contributed by atoms with Crippen molar-refractivity contribution >= 4 is 17.7 Å². The van der Waals surface area contributed by atoms with Gasteiger partial charge in [0.1, 0.15) is 19.3 Å². The SMILES string of the molecule is CN1CC(=O)N2CCN(C(=O)COCC(F)(F)C(F)F)C[C@H]2C1=O. The number of alkyl halides is 4. The Morgan fingerprint density at radius 3 is 2.62 bits per heavy atom. The van der Waals surface area contributed by atoms with Gasteiger partial charge in [0.15, 0.2) is 0 Å². The maximum absolute atomic E-state index is 12.7. The van der Waals surface area contributed by atoms with E-state index in [0.29, 0.717) is 0 Å². The van der Waals surface area contributed by atoms with Gasteiger partial charge < -0.3 is 19.4 Å². The normalized spacial score (nSPS) is 22.2. The zero-order valence-electron chi connectivity index (χ0n) is 12.9. The molecule has 2 aliphatic rings. The zero-order valence-corrected chi connectivity index (χ0v) is 12.9. The maximum Gasteiger partial charge on any atom is 0.330 e.